The van der Waals surface area contributed by atoms with Crippen LogP contribution < -0.4 is 20.7 Å². The van der Waals surface area contributed by atoms with Crippen LogP contribution in [0.1, 0.15) is 23.1 Å². The molecular formula is C21H28N4O6S. The smallest absolute Gasteiger partial charge is 0.322 e. The van der Waals surface area contributed by atoms with Crippen LogP contribution in [0.25, 0.3) is 0 Å². The predicted octanol–water partition coefficient (Wildman–Crippen LogP) is 1.46. The normalized spacial score (nSPS) is 12.2. The molecule has 11 heteroatoms. The number of guanidine groups is 1. The molecule has 0 radical (unpaired) electrons. The van der Waals surface area contributed by atoms with Gasteiger partial charge in [-0.3, -0.25) is 15.0 Å². The molecule has 0 heterocycles. The molecule has 6 N–H and O–H groups in total. The SMILES string of the molecule is Cc1ccc(C)c(S(=O)(=O)N[C@@H](Cc2ccc(OCCCONC(=N)N)cc2)C(=O)O)c1. The van der Waals surface area contributed by atoms with Gasteiger partial charge in [-0.25, -0.2) is 13.9 Å². The van der Waals surface area contributed by atoms with Crippen molar-refractivity contribution < 1.29 is 27.9 Å². The molecule has 0 aliphatic rings. The predicted molar refractivity (Wildman–Crippen MR) is 119 cm³/mol. The van der Waals surface area contributed by atoms with Gasteiger partial charge in [0.05, 0.1) is 18.1 Å². The molecular weight excluding hydrogens is 436 g/mol. The lowest BCUT2D eigenvalue weighted by atomic mass is 10.1. The van der Waals surface area contributed by atoms with Crippen molar-refractivity contribution in [2.45, 2.75) is 37.6 Å². The van der Waals surface area contributed by atoms with E-state index in [0.29, 0.717) is 36.5 Å². The fourth-order valence-corrected chi connectivity index (χ4v) is 4.35. The number of hydroxylamine groups is 1. The van der Waals surface area contributed by atoms with E-state index in [-0.39, 0.29) is 17.3 Å². The van der Waals surface area contributed by atoms with Gasteiger partial charge in [-0.1, -0.05) is 24.3 Å². The summed E-state index contributed by atoms with van der Waals surface area (Å²) in [5, 5.41) is 16.5. The van der Waals surface area contributed by atoms with Crippen molar-refractivity contribution in [1.29, 1.82) is 5.41 Å². The van der Waals surface area contributed by atoms with Crippen molar-refractivity contribution in [1.82, 2.24) is 10.2 Å². The average molecular weight is 465 g/mol. The van der Waals surface area contributed by atoms with Gasteiger partial charge in [-0.15, -0.1) is 0 Å². The first kappa shape index (κ1) is 25.1. The van der Waals surface area contributed by atoms with Crippen LogP contribution in [0.2, 0.25) is 0 Å². The molecule has 32 heavy (non-hydrogen) atoms. The van der Waals surface area contributed by atoms with Gasteiger partial charge >= 0.3 is 5.97 Å². The zero-order valence-corrected chi connectivity index (χ0v) is 18.7. The Morgan fingerprint density at radius 1 is 1.16 bits per heavy atom. The van der Waals surface area contributed by atoms with Crippen LogP contribution in [0.3, 0.4) is 0 Å². The second kappa shape index (κ2) is 11.5. The third kappa shape index (κ3) is 7.84. The standard InChI is InChI=1S/C21H28N4O6S/c1-14-4-5-15(2)19(12-14)32(28,29)25-18(20(26)27)13-16-6-8-17(9-7-16)30-10-3-11-31-24-21(22)23/h4-9,12,18,25H,3,10-11,13H2,1-2H3,(H,26,27)(H4,22,23,24)/t18-/m0/s1. The van der Waals surface area contributed by atoms with Gasteiger partial charge < -0.3 is 15.6 Å². The van der Waals surface area contributed by atoms with E-state index in [0.717, 1.165) is 5.56 Å². The summed E-state index contributed by atoms with van der Waals surface area (Å²) in [6, 6.07) is 10.4. The maximum atomic E-state index is 12.8. The molecule has 2 rings (SSSR count). The van der Waals surface area contributed by atoms with E-state index >= 15 is 0 Å². The number of nitrogens with one attached hydrogen (secondary N) is 3. The number of aryl methyl sites for hydroxylation is 2. The molecule has 0 amide bonds. The number of carboxylic acid groups (broad SMARTS) is 1. The van der Waals surface area contributed by atoms with E-state index in [4.69, 9.17) is 20.7 Å². The van der Waals surface area contributed by atoms with Crippen LogP contribution in [-0.4, -0.2) is 44.7 Å². The van der Waals surface area contributed by atoms with E-state index < -0.39 is 22.0 Å². The van der Waals surface area contributed by atoms with Gasteiger partial charge in [-0.2, -0.15) is 4.72 Å². The molecule has 0 saturated heterocycles. The molecule has 0 aromatic heterocycles. The third-order valence-electron chi connectivity index (χ3n) is 4.43. The summed E-state index contributed by atoms with van der Waals surface area (Å²) in [7, 11) is -4.00. The molecule has 0 spiro atoms. The second-order valence-electron chi connectivity index (χ2n) is 7.20. The molecule has 0 aliphatic heterocycles. The number of carboxylic acids is 1. The largest absolute Gasteiger partial charge is 0.494 e. The number of nitrogens with two attached hydrogens (primary N) is 1. The molecule has 1 atom stereocenters. The Morgan fingerprint density at radius 2 is 1.84 bits per heavy atom. The number of hydrogen-bond acceptors (Lipinski definition) is 6. The van der Waals surface area contributed by atoms with E-state index in [1.54, 1.807) is 50.2 Å². The maximum Gasteiger partial charge on any atom is 0.322 e. The summed E-state index contributed by atoms with van der Waals surface area (Å²) >= 11 is 0. The monoisotopic (exact) mass is 464 g/mol. The Balaban J connectivity index is 1.96. The first-order valence-electron chi connectivity index (χ1n) is 9.84. The number of hydrogen-bond donors (Lipinski definition) is 5. The maximum absolute atomic E-state index is 12.8. The fraction of sp³-hybridized carbons (Fsp3) is 0.333. The minimum atomic E-state index is -4.00. The van der Waals surface area contributed by atoms with Gasteiger partial charge in [-0.05, 0) is 55.2 Å². The molecule has 0 aliphatic carbocycles. The van der Waals surface area contributed by atoms with E-state index in [1.807, 2.05) is 0 Å². The minimum absolute atomic E-state index is 0.0235. The van der Waals surface area contributed by atoms with Crippen LogP contribution in [0.5, 0.6) is 5.75 Å². The van der Waals surface area contributed by atoms with Gasteiger partial charge in [0.15, 0.2) is 0 Å². The van der Waals surface area contributed by atoms with Gasteiger partial charge in [0.2, 0.25) is 16.0 Å². The highest BCUT2D eigenvalue weighted by Gasteiger charge is 2.26. The Morgan fingerprint density at radius 3 is 2.47 bits per heavy atom. The summed E-state index contributed by atoms with van der Waals surface area (Å²) in [5.41, 5.74) is 9.25. The number of sulfonamides is 1. The number of rotatable bonds is 12. The van der Waals surface area contributed by atoms with E-state index in [2.05, 4.69) is 10.2 Å². The highest BCUT2D eigenvalue weighted by molar-refractivity contribution is 7.89. The summed E-state index contributed by atoms with van der Waals surface area (Å²) in [6.07, 6.45) is 0.535. The third-order valence-corrected chi connectivity index (χ3v) is 6.05. The lowest BCUT2D eigenvalue weighted by Gasteiger charge is -2.17. The topological polar surface area (TPSA) is 164 Å². The Labute approximate surface area is 187 Å². The number of benzene rings is 2. The van der Waals surface area contributed by atoms with Crippen molar-refractivity contribution >= 4 is 22.0 Å². The van der Waals surface area contributed by atoms with Crippen LogP contribution >= 0.6 is 0 Å². The summed E-state index contributed by atoms with van der Waals surface area (Å²) in [6.45, 7) is 4.10. The van der Waals surface area contributed by atoms with Crippen LogP contribution in [0.15, 0.2) is 47.4 Å². The number of ether oxygens (including phenoxy) is 1. The second-order valence-corrected chi connectivity index (χ2v) is 8.88. The van der Waals surface area contributed by atoms with Crippen LogP contribution in [-0.2, 0) is 26.1 Å². The van der Waals surface area contributed by atoms with Gasteiger partial charge in [0, 0.05) is 6.42 Å². The molecule has 0 bridgehead atoms. The highest BCUT2D eigenvalue weighted by Crippen LogP contribution is 2.19. The van der Waals surface area contributed by atoms with Crippen molar-refractivity contribution in [3.05, 3.63) is 59.2 Å². The van der Waals surface area contributed by atoms with E-state index in [1.165, 1.54) is 6.07 Å². The highest BCUT2D eigenvalue weighted by atomic mass is 32.2. The van der Waals surface area contributed by atoms with Gasteiger partial charge in [0.25, 0.3) is 0 Å². The zero-order valence-electron chi connectivity index (χ0n) is 17.9. The molecule has 0 saturated carbocycles. The lowest BCUT2D eigenvalue weighted by molar-refractivity contribution is -0.138. The van der Waals surface area contributed by atoms with Gasteiger partial charge in [0.1, 0.15) is 11.8 Å². The van der Waals surface area contributed by atoms with Crippen molar-refractivity contribution in [3.8, 4) is 5.75 Å². The Hall–Kier alpha value is -3.15. The molecule has 174 valence electrons. The van der Waals surface area contributed by atoms with Crippen molar-refractivity contribution in [2.24, 2.45) is 5.73 Å². The van der Waals surface area contributed by atoms with Crippen LogP contribution in [0.4, 0.5) is 0 Å². The quantitative estimate of drug-likeness (QED) is 0.136. The first-order valence-corrected chi connectivity index (χ1v) is 11.3. The Kier molecular flexibility index (Phi) is 9.00. The first-order chi connectivity index (χ1) is 15.1. The molecule has 2 aromatic carbocycles. The van der Waals surface area contributed by atoms with Crippen molar-refractivity contribution in [2.75, 3.05) is 13.2 Å². The molecule has 0 fully saturated rings. The van der Waals surface area contributed by atoms with Crippen molar-refractivity contribution in [3.63, 3.8) is 0 Å². The van der Waals surface area contributed by atoms with E-state index in [9.17, 15) is 18.3 Å². The molecule has 2 aromatic rings. The number of carbonyl (C=O) groups is 1. The average Bonchev–Trinajstić information content (AvgIpc) is 2.72. The molecule has 10 nitrogen and oxygen atoms in total. The summed E-state index contributed by atoms with van der Waals surface area (Å²) in [4.78, 5) is 16.7. The summed E-state index contributed by atoms with van der Waals surface area (Å²) < 4.78 is 33.4. The molecule has 0 unspecified atom stereocenters. The summed E-state index contributed by atoms with van der Waals surface area (Å²) in [5.74, 6) is -0.966. The fourth-order valence-electron chi connectivity index (χ4n) is 2.83. The lowest BCUT2D eigenvalue weighted by Crippen LogP contribution is -2.42. The minimum Gasteiger partial charge on any atom is -0.494 e. The van der Waals surface area contributed by atoms with Crippen LogP contribution in [0, 0.1) is 19.3 Å². The number of aliphatic carboxylic acids is 1. The zero-order chi connectivity index (χ0) is 23.7. The Bertz CT molecular complexity index is 1040.